The number of fused-ring (bicyclic) bond motifs is 1. The molecule has 1 N–H and O–H groups in total. The highest BCUT2D eigenvalue weighted by Crippen LogP contribution is 2.25. The first-order valence-electron chi connectivity index (χ1n) is 15.9. The van der Waals surface area contributed by atoms with Crippen molar-refractivity contribution in [3.63, 3.8) is 0 Å². The third-order valence-electron chi connectivity index (χ3n) is 8.61. The molecule has 0 unspecified atom stereocenters. The van der Waals surface area contributed by atoms with Gasteiger partial charge in [-0.05, 0) is 68.8 Å². The van der Waals surface area contributed by atoms with Crippen LogP contribution < -0.4 is 10.2 Å². The highest BCUT2D eigenvalue weighted by molar-refractivity contribution is 6.08. The minimum atomic E-state index is -0.625. The Morgan fingerprint density at radius 3 is 2.49 bits per heavy atom. The van der Waals surface area contributed by atoms with Crippen LogP contribution in [0.5, 0.6) is 0 Å². The fraction of sp³-hybridized carbons (Fsp3) is 0.222. The van der Waals surface area contributed by atoms with Gasteiger partial charge < -0.3 is 15.1 Å². The van der Waals surface area contributed by atoms with Crippen LogP contribution in [-0.2, 0) is 6.54 Å². The molecule has 0 saturated carbocycles. The SMILES string of the molecule is Cc1cc(C)n2ncc(C(=O)Nc3ccc(-c4cn(Cc5cccc(C(=O)N6CCN(c7cc(F)cc(F)c7)[C@H](C)C6)c5)nn4)cc3)c2n1. The van der Waals surface area contributed by atoms with Gasteiger partial charge in [0.1, 0.15) is 22.9 Å². The number of anilines is 2. The summed E-state index contributed by atoms with van der Waals surface area (Å²) in [5.74, 6) is -1.66. The van der Waals surface area contributed by atoms with Gasteiger partial charge in [0.2, 0.25) is 0 Å². The molecule has 6 aromatic rings. The first kappa shape index (κ1) is 31.6. The Morgan fingerprint density at radius 2 is 1.73 bits per heavy atom. The molecule has 13 heteroatoms. The summed E-state index contributed by atoms with van der Waals surface area (Å²) in [5, 5.41) is 15.8. The molecule has 1 saturated heterocycles. The standard InChI is InChI=1S/C36H33F2N9O2/c1-22-13-23(2)47-34(40-22)32(18-39-47)35(48)41-30-9-7-26(8-10-30)33-21-45(43-42-33)20-25-5-4-6-27(14-25)36(49)44-11-12-46(24(3)19-44)31-16-28(37)15-29(38)17-31/h4-10,13-18,21,24H,11-12,19-20H2,1-3H3,(H,41,48)/t24-/m1/s1. The summed E-state index contributed by atoms with van der Waals surface area (Å²) in [4.78, 5) is 34.6. The molecule has 248 valence electrons. The monoisotopic (exact) mass is 661 g/mol. The van der Waals surface area contributed by atoms with Crippen molar-refractivity contribution in [1.29, 1.82) is 0 Å². The molecule has 7 rings (SSSR count). The van der Waals surface area contributed by atoms with E-state index in [0.717, 1.165) is 28.6 Å². The van der Waals surface area contributed by atoms with Crippen LogP contribution in [-0.4, -0.2) is 72.0 Å². The first-order chi connectivity index (χ1) is 23.6. The number of halogens is 2. The predicted octanol–water partition coefficient (Wildman–Crippen LogP) is 5.53. The van der Waals surface area contributed by atoms with Gasteiger partial charge in [-0.3, -0.25) is 9.59 Å². The average molecular weight is 662 g/mol. The van der Waals surface area contributed by atoms with E-state index in [1.807, 2.05) is 68.3 Å². The molecule has 11 nitrogen and oxygen atoms in total. The fourth-order valence-electron chi connectivity index (χ4n) is 6.26. The molecule has 1 aliphatic rings. The minimum Gasteiger partial charge on any atom is -0.365 e. The molecule has 49 heavy (non-hydrogen) atoms. The van der Waals surface area contributed by atoms with Crippen molar-refractivity contribution in [1.82, 2.24) is 34.5 Å². The summed E-state index contributed by atoms with van der Waals surface area (Å²) in [5.41, 5.74) is 6.60. The Labute approximate surface area is 280 Å². The average Bonchev–Trinajstić information content (AvgIpc) is 3.72. The van der Waals surface area contributed by atoms with Crippen LogP contribution in [0.1, 0.15) is 44.6 Å². The summed E-state index contributed by atoms with van der Waals surface area (Å²) in [6.07, 6.45) is 3.35. The maximum Gasteiger partial charge on any atom is 0.261 e. The van der Waals surface area contributed by atoms with Crippen molar-refractivity contribution in [2.45, 2.75) is 33.4 Å². The number of aryl methyl sites for hydroxylation is 2. The third kappa shape index (κ3) is 6.59. The normalized spacial score (nSPS) is 14.8. The molecule has 4 heterocycles. The topological polar surface area (TPSA) is 114 Å². The Hall–Kier alpha value is -5.98. The summed E-state index contributed by atoms with van der Waals surface area (Å²) in [6, 6.07) is 20.0. The van der Waals surface area contributed by atoms with Crippen molar-refractivity contribution >= 4 is 28.8 Å². The predicted molar refractivity (Wildman–Crippen MR) is 180 cm³/mol. The van der Waals surface area contributed by atoms with Crippen LogP contribution in [0.4, 0.5) is 20.2 Å². The van der Waals surface area contributed by atoms with Gasteiger partial charge in [-0.2, -0.15) is 5.10 Å². The smallest absolute Gasteiger partial charge is 0.261 e. The van der Waals surface area contributed by atoms with Gasteiger partial charge in [-0.15, -0.1) is 5.10 Å². The number of carbonyl (C=O) groups is 2. The van der Waals surface area contributed by atoms with Crippen LogP contribution in [0.3, 0.4) is 0 Å². The van der Waals surface area contributed by atoms with Crippen molar-refractivity contribution in [2.75, 3.05) is 29.9 Å². The van der Waals surface area contributed by atoms with E-state index >= 15 is 0 Å². The van der Waals surface area contributed by atoms with E-state index in [0.29, 0.717) is 60.0 Å². The Balaban J connectivity index is 0.977. The number of benzene rings is 3. The van der Waals surface area contributed by atoms with Crippen LogP contribution in [0.2, 0.25) is 0 Å². The summed E-state index contributed by atoms with van der Waals surface area (Å²) >= 11 is 0. The lowest BCUT2D eigenvalue weighted by Crippen LogP contribution is -2.53. The largest absolute Gasteiger partial charge is 0.365 e. The first-order valence-corrected chi connectivity index (χ1v) is 15.9. The number of piperazine rings is 1. The fourth-order valence-corrected chi connectivity index (χ4v) is 6.26. The lowest BCUT2D eigenvalue weighted by molar-refractivity contribution is 0.0726. The molecule has 0 aliphatic carbocycles. The number of amides is 2. The highest BCUT2D eigenvalue weighted by Gasteiger charge is 2.28. The third-order valence-corrected chi connectivity index (χ3v) is 8.61. The van der Waals surface area contributed by atoms with Gasteiger partial charge in [0.15, 0.2) is 5.65 Å². The summed E-state index contributed by atoms with van der Waals surface area (Å²) in [6.45, 7) is 7.45. The van der Waals surface area contributed by atoms with Crippen LogP contribution >= 0.6 is 0 Å². The van der Waals surface area contributed by atoms with Gasteiger partial charge in [-0.25, -0.2) is 23.0 Å². The zero-order valence-corrected chi connectivity index (χ0v) is 27.1. The van der Waals surface area contributed by atoms with Gasteiger partial charge >= 0.3 is 0 Å². The van der Waals surface area contributed by atoms with Crippen molar-refractivity contribution in [3.05, 3.63) is 125 Å². The van der Waals surface area contributed by atoms with Gasteiger partial charge in [0.25, 0.3) is 11.8 Å². The van der Waals surface area contributed by atoms with E-state index in [4.69, 9.17) is 0 Å². The molecule has 3 aromatic heterocycles. The van der Waals surface area contributed by atoms with E-state index < -0.39 is 11.6 Å². The number of nitrogens with one attached hydrogen (secondary N) is 1. The molecule has 1 atom stereocenters. The van der Waals surface area contributed by atoms with Gasteiger partial charge in [0.05, 0.1) is 18.9 Å². The lowest BCUT2D eigenvalue weighted by Gasteiger charge is -2.41. The number of rotatable bonds is 7. The maximum atomic E-state index is 13.8. The molecule has 3 aromatic carbocycles. The minimum absolute atomic E-state index is 0.103. The summed E-state index contributed by atoms with van der Waals surface area (Å²) in [7, 11) is 0. The van der Waals surface area contributed by atoms with E-state index in [1.165, 1.54) is 18.3 Å². The highest BCUT2D eigenvalue weighted by atomic mass is 19.1. The Morgan fingerprint density at radius 1 is 0.959 bits per heavy atom. The second-order valence-electron chi connectivity index (χ2n) is 12.3. The number of hydrogen-bond acceptors (Lipinski definition) is 7. The van der Waals surface area contributed by atoms with Gasteiger partial charge in [0, 0.05) is 65.6 Å². The van der Waals surface area contributed by atoms with Crippen LogP contribution in [0.15, 0.2) is 85.2 Å². The quantitative estimate of drug-likeness (QED) is 0.239. The number of hydrogen-bond donors (Lipinski definition) is 1. The Kier molecular flexibility index (Phi) is 8.33. The molecule has 2 amide bonds. The van der Waals surface area contributed by atoms with Crippen LogP contribution in [0.25, 0.3) is 16.9 Å². The second kappa shape index (κ2) is 12.9. The van der Waals surface area contributed by atoms with Gasteiger partial charge in [-0.1, -0.05) is 29.5 Å². The van der Waals surface area contributed by atoms with Crippen molar-refractivity contribution in [3.8, 4) is 11.3 Å². The molecule has 0 bridgehead atoms. The van der Waals surface area contributed by atoms with E-state index in [-0.39, 0.29) is 17.9 Å². The van der Waals surface area contributed by atoms with E-state index in [1.54, 1.807) is 32.3 Å². The number of carbonyl (C=O) groups excluding carboxylic acids is 2. The Bertz CT molecular complexity index is 2170. The molecular weight excluding hydrogens is 628 g/mol. The zero-order valence-electron chi connectivity index (χ0n) is 27.1. The molecule has 1 aliphatic heterocycles. The van der Waals surface area contributed by atoms with Crippen molar-refractivity contribution in [2.24, 2.45) is 0 Å². The van der Waals surface area contributed by atoms with E-state index in [9.17, 15) is 18.4 Å². The summed E-state index contributed by atoms with van der Waals surface area (Å²) < 4.78 is 31.0. The van der Waals surface area contributed by atoms with Crippen molar-refractivity contribution < 1.29 is 18.4 Å². The second-order valence-corrected chi connectivity index (χ2v) is 12.3. The molecule has 0 radical (unpaired) electrons. The number of nitrogens with zero attached hydrogens (tertiary/aromatic N) is 8. The molecule has 1 fully saturated rings. The number of aromatic nitrogens is 6. The van der Waals surface area contributed by atoms with E-state index in [2.05, 4.69) is 25.7 Å². The maximum absolute atomic E-state index is 13.8. The molecular formula is C36H33F2N9O2. The van der Waals surface area contributed by atoms with Crippen LogP contribution in [0, 0.1) is 25.5 Å². The molecule has 0 spiro atoms. The lowest BCUT2D eigenvalue weighted by atomic mass is 10.1. The zero-order chi connectivity index (χ0) is 34.2.